The molecule has 0 N–H and O–H groups in total. The van der Waals surface area contributed by atoms with Crippen LogP contribution in [0.4, 0.5) is 0 Å². The van der Waals surface area contributed by atoms with E-state index in [0.717, 1.165) is 41.7 Å². The number of hydrogen-bond donors (Lipinski definition) is 0. The van der Waals surface area contributed by atoms with Gasteiger partial charge in [0.2, 0.25) is 0 Å². The summed E-state index contributed by atoms with van der Waals surface area (Å²) in [6.07, 6.45) is 4.30. The molecule has 0 bridgehead atoms. The number of hydrogen-bond acceptors (Lipinski definition) is 3. The lowest BCUT2D eigenvalue weighted by atomic mass is 9.89. The van der Waals surface area contributed by atoms with Crippen LogP contribution < -0.4 is 0 Å². The average molecular weight is 383 g/mol. The highest BCUT2D eigenvalue weighted by atomic mass is 35.5. The fourth-order valence-corrected chi connectivity index (χ4v) is 4.11. The molecule has 140 valence electrons. The van der Waals surface area contributed by atoms with E-state index < -0.39 is 0 Å². The number of benzene rings is 2. The van der Waals surface area contributed by atoms with Gasteiger partial charge in [-0.25, -0.2) is 4.98 Å². The van der Waals surface area contributed by atoms with Gasteiger partial charge in [-0.1, -0.05) is 49.2 Å². The van der Waals surface area contributed by atoms with Crippen LogP contribution >= 0.6 is 11.6 Å². The fraction of sp³-hybridized carbons (Fsp3) is 0.364. The summed E-state index contributed by atoms with van der Waals surface area (Å²) in [5, 5.41) is 0.643. The van der Waals surface area contributed by atoms with Gasteiger partial charge >= 0.3 is 5.97 Å². The minimum Gasteiger partial charge on any atom is -0.461 e. The molecule has 1 heterocycles. The Hall–Kier alpha value is -2.33. The Morgan fingerprint density at radius 2 is 2.07 bits per heavy atom. The number of ether oxygens (including phenoxy) is 1. The van der Waals surface area contributed by atoms with Crippen molar-refractivity contribution in [3.05, 3.63) is 53.6 Å². The molecule has 3 aromatic rings. The van der Waals surface area contributed by atoms with Crippen LogP contribution in [0.1, 0.15) is 32.6 Å². The van der Waals surface area contributed by atoms with E-state index in [4.69, 9.17) is 21.3 Å². The number of fused-ring (bicyclic) bond motifs is 1. The fourth-order valence-electron chi connectivity index (χ4n) is 3.92. The van der Waals surface area contributed by atoms with E-state index >= 15 is 0 Å². The molecule has 5 heteroatoms. The summed E-state index contributed by atoms with van der Waals surface area (Å²) >= 11 is 6.17. The minimum absolute atomic E-state index is 0.0330. The Labute approximate surface area is 164 Å². The van der Waals surface area contributed by atoms with Crippen molar-refractivity contribution in [1.29, 1.82) is 0 Å². The van der Waals surface area contributed by atoms with E-state index in [1.165, 1.54) is 6.42 Å². The maximum atomic E-state index is 12.7. The number of nitrogens with zero attached hydrogens (tertiary/aromatic N) is 2. The largest absolute Gasteiger partial charge is 0.461 e. The first-order valence-electron chi connectivity index (χ1n) is 9.51. The van der Waals surface area contributed by atoms with Gasteiger partial charge in [0, 0.05) is 10.6 Å². The number of rotatable bonds is 4. The zero-order chi connectivity index (χ0) is 18.8. The van der Waals surface area contributed by atoms with E-state index in [9.17, 15) is 4.79 Å². The maximum absolute atomic E-state index is 12.7. The van der Waals surface area contributed by atoms with Gasteiger partial charge in [0.25, 0.3) is 0 Å². The molecule has 0 saturated heterocycles. The number of esters is 1. The summed E-state index contributed by atoms with van der Waals surface area (Å²) in [7, 11) is 0. The molecule has 1 fully saturated rings. The monoisotopic (exact) mass is 382 g/mol. The van der Waals surface area contributed by atoms with Crippen molar-refractivity contribution in [2.45, 2.75) is 45.3 Å². The second-order valence-electron chi connectivity index (χ2n) is 7.40. The third-order valence-electron chi connectivity index (χ3n) is 5.21. The molecule has 1 aliphatic rings. The van der Waals surface area contributed by atoms with Crippen LogP contribution in [0.3, 0.4) is 0 Å². The molecule has 0 radical (unpaired) electrons. The highest BCUT2D eigenvalue weighted by Crippen LogP contribution is 2.28. The molecule has 1 unspecified atom stereocenters. The first-order chi connectivity index (χ1) is 13.1. The number of para-hydroxylation sites is 2. The molecule has 2 aromatic carbocycles. The molecule has 4 rings (SSSR count). The second-order valence-corrected chi connectivity index (χ2v) is 7.84. The van der Waals surface area contributed by atoms with Crippen LogP contribution in [-0.4, -0.2) is 21.6 Å². The number of carbonyl (C=O) groups excluding carboxylic acids is 1. The van der Waals surface area contributed by atoms with E-state index in [-0.39, 0.29) is 18.6 Å². The number of aromatic nitrogens is 2. The summed E-state index contributed by atoms with van der Waals surface area (Å²) in [6, 6.07) is 15.4. The Balaban J connectivity index is 1.63. The van der Waals surface area contributed by atoms with Crippen LogP contribution in [0.2, 0.25) is 5.02 Å². The predicted molar refractivity (Wildman–Crippen MR) is 108 cm³/mol. The molecular weight excluding hydrogens is 360 g/mol. The van der Waals surface area contributed by atoms with Crippen molar-refractivity contribution in [2.24, 2.45) is 5.92 Å². The van der Waals surface area contributed by atoms with Gasteiger partial charge in [0.1, 0.15) is 18.5 Å². The predicted octanol–water partition coefficient (Wildman–Crippen LogP) is 5.48. The molecular formula is C22H23ClN2O2. The zero-order valence-corrected chi connectivity index (χ0v) is 16.2. The van der Waals surface area contributed by atoms with Crippen LogP contribution in [0.15, 0.2) is 48.5 Å². The number of imidazole rings is 1. The third-order valence-corrected chi connectivity index (χ3v) is 5.45. The van der Waals surface area contributed by atoms with Crippen LogP contribution in [0.5, 0.6) is 0 Å². The van der Waals surface area contributed by atoms with Crippen LogP contribution in [0, 0.1) is 5.92 Å². The normalized spacial score (nSPS) is 19.9. The highest BCUT2D eigenvalue weighted by molar-refractivity contribution is 6.30. The van der Waals surface area contributed by atoms with Gasteiger partial charge in [-0.15, -0.1) is 0 Å². The Morgan fingerprint density at radius 3 is 2.89 bits per heavy atom. The van der Waals surface area contributed by atoms with Gasteiger partial charge in [0.15, 0.2) is 0 Å². The minimum atomic E-state index is -0.208. The average Bonchev–Trinajstić information content (AvgIpc) is 3.00. The van der Waals surface area contributed by atoms with Crippen molar-refractivity contribution in [3.63, 3.8) is 0 Å². The van der Waals surface area contributed by atoms with Crippen LogP contribution in [-0.2, 0) is 16.1 Å². The van der Waals surface area contributed by atoms with Gasteiger partial charge < -0.3 is 9.30 Å². The standard InChI is InChI=1S/C22H23ClN2O2/c1-15-6-4-9-18(12-15)27-21(26)14-25-20-11-3-2-10-19(20)24-22(25)16-7-5-8-17(23)13-16/h2-3,5,7-8,10-11,13,15,18H,4,6,9,12,14H2,1H3/t15?,18-/m0/s1. The quantitative estimate of drug-likeness (QED) is 0.561. The van der Waals surface area contributed by atoms with E-state index in [2.05, 4.69) is 6.92 Å². The lowest BCUT2D eigenvalue weighted by Crippen LogP contribution is -2.26. The topological polar surface area (TPSA) is 44.1 Å². The molecule has 1 saturated carbocycles. The summed E-state index contributed by atoms with van der Waals surface area (Å²) in [5.41, 5.74) is 2.66. The van der Waals surface area contributed by atoms with Crippen molar-refractivity contribution >= 4 is 28.6 Å². The third kappa shape index (κ3) is 4.01. The van der Waals surface area contributed by atoms with Gasteiger partial charge in [-0.3, -0.25) is 4.79 Å². The van der Waals surface area contributed by atoms with Crippen molar-refractivity contribution in [1.82, 2.24) is 9.55 Å². The summed E-state index contributed by atoms with van der Waals surface area (Å²) in [5.74, 6) is 1.14. The van der Waals surface area contributed by atoms with E-state index in [0.29, 0.717) is 10.9 Å². The van der Waals surface area contributed by atoms with Gasteiger partial charge in [0.05, 0.1) is 11.0 Å². The Kier molecular flexibility index (Phi) is 5.17. The highest BCUT2D eigenvalue weighted by Gasteiger charge is 2.23. The van der Waals surface area contributed by atoms with E-state index in [1.807, 2.05) is 53.1 Å². The smallest absolute Gasteiger partial charge is 0.326 e. The first kappa shape index (κ1) is 18.1. The first-order valence-corrected chi connectivity index (χ1v) is 9.88. The SMILES string of the molecule is CC1CCC[C@H](OC(=O)Cn2c(-c3cccc(Cl)c3)nc3ccccc32)C1. The zero-order valence-electron chi connectivity index (χ0n) is 15.4. The Bertz CT molecular complexity index is 966. The van der Waals surface area contributed by atoms with Crippen molar-refractivity contribution in [3.8, 4) is 11.4 Å². The molecule has 0 amide bonds. The summed E-state index contributed by atoms with van der Waals surface area (Å²) in [4.78, 5) is 17.4. The van der Waals surface area contributed by atoms with Crippen LogP contribution in [0.25, 0.3) is 22.4 Å². The maximum Gasteiger partial charge on any atom is 0.326 e. The number of carbonyl (C=O) groups is 1. The molecule has 0 spiro atoms. The molecule has 1 aromatic heterocycles. The lowest BCUT2D eigenvalue weighted by molar-refractivity contribution is -0.151. The van der Waals surface area contributed by atoms with Gasteiger partial charge in [-0.05, 0) is 49.4 Å². The van der Waals surface area contributed by atoms with Gasteiger partial charge in [-0.2, -0.15) is 0 Å². The number of halogens is 1. The van der Waals surface area contributed by atoms with Crippen molar-refractivity contribution < 1.29 is 9.53 Å². The lowest BCUT2D eigenvalue weighted by Gasteiger charge is -2.26. The molecule has 4 nitrogen and oxygen atoms in total. The molecule has 27 heavy (non-hydrogen) atoms. The Morgan fingerprint density at radius 1 is 1.22 bits per heavy atom. The molecule has 0 aliphatic heterocycles. The van der Waals surface area contributed by atoms with Crippen molar-refractivity contribution in [2.75, 3.05) is 0 Å². The molecule has 2 atom stereocenters. The summed E-state index contributed by atoms with van der Waals surface area (Å²) < 4.78 is 7.71. The summed E-state index contributed by atoms with van der Waals surface area (Å²) in [6.45, 7) is 2.37. The second kappa shape index (κ2) is 7.73. The molecule has 1 aliphatic carbocycles. The van der Waals surface area contributed by atoms with E-state index in [1.54, 1.807) is 0 Å².